The first-order chi connectivity index (χ1) is 10.3. The number of furan rings is 1. The lowest BCUT2D eigenvalue weighted by atomic mass is 9.81. The molecule has 2 heterocycles. The summed E-state index contributed by atoms with van der Waals surface area (Å²) in [4.78, 5) is 0. The van der Waals surface area contributed by atoms with Gasteiger partial charge in [-0.1, -0.05) is 54.6 Å². The van der Waals surface area contributed by atoms with E-state index in [0.717, 1.165) is 16.9 Å². The smallest absolute Gasteiger partial charge is 0.158 e. The Morgan fingerprint density at radius 2 is 1.95 bits per heavy atom. The minimum atomic E-state index is -0.0512. The van der Waals surface area contributed by atoms with Crippen LogP contribution >= 0.6 is 0 Å². The van der Waals surface area contributed by atoms with Crippen molar-refractivity contribution in [2.75, 3.05) is 5.32 Å². The normalized spacial score (nSPS) is 26.0. The molecule has 2 unspecified atom stereocenters. The Morgan fingerprint density at radius 1 is 1.05 bits per heavy atom. The van der Waals surface area contributed by atoms with Crippen LogP contribution in [0.4, 0.5) is 5.69 Å². The van der Waals surface area contributed by atoms with Crippen molar-refractivity contribution in [1.29, 1.82) is 0 Å². The number of para-hydroxylation sites is 1. The third-order valence-corrected chi connectivity index (χ3v) is 4.81. The number of hydrogen-bond donors (Lipinski definition) is 1. The van der Waals surface area contributed by atoms with Crippen molar-refractivity contribution < 1.29 is 4.42 Å². The van der Waals surface area contributed by atoms with Crippen LogP contribution in [0.15, 0.2) is 65.1 Å². The summed E-state index contributed by atoms with van der Waals surface area (Å²) >= 11 is 0. The second kappa shape index (κ2) is 3.59. The quantitative estimate of drug-likeness (QED) is 0.625. The number of rotatable bonds is 0. The van der Waals surface area contributed by atoms with Crippen molar-refractivity contribution >= 4 is 27.6 Å². The summed E-state index contributed by atoms with van der Waals surface area (Å²) in [6, 6.07) is 12.7. The Kier molecular flexibility index (Phi) is 1.91. The zero-order valence-corrected chi connectivity index (χ0v) is 11.8. The van der Waals surface area contributed by atoms with E-state index in [0.29, 0.717) is 5.92 Å². The van der Waals surface area contributed by atoms with Crippen LogP contribution in [0.1, 0.15) is 18.4 Å². The molecular weight excluding hydrogens is 258 g/mol. The van der Waals surface area contributed by atoms with Gasteiger partial charge in [0.25, 0.3) is 0 Å². The van der Waals surface area contributed by atoms with E-state index in [1.165, 1.54) is 16.3 Å². The molecule has 1 N–H and O–H groups in total. The maximum absolute atomic E-state index is 6.14. The number of benzene rings is 2. The van der Waals surface area contributed by atoms with Gasteiger partial charge in [-0.25, -0.2) is 0 Å². The van der Waals surface area contributed by atoms with Crippen molar-refractivity contribution in [3.05, 3.63) is 66.3 Å². The summed E-state index contributed by atoms with van der Waals surface area (Å²) in [5, 5.41) is 6.06. The average molecular weight is 273 g/mol. The van der Waals surface area contributed by atoms with E-state index in [-0.39, 0.29) is 5.54 Å². The summed E-state index contributed by atoms with van der Waals surface area (Å²) in [6.07, 6.45) is 8.76. The van der Waals surface area contributed by atoms with E-state index in [9.17, 15) is 0 Å². The van der Waals surface area contributed by atoms with Crippen LogP contribution in [0, 0.1) is 0 Å². The van der Waals surface area contributed by atoms with Gasteiger partial charge in [0.1, 0.15) is 5.58 Å². The molecule has 1 aliphatic heterocycles. The number of anilines is 1. The molecule has 21 heavy (non-hydrogen) atoms. The Bertz CT molecular complexity index is 947. The van der Waals surface area contributed by atoms with Crippen LogP contribution in [0.2, 0.25) is 0 Å². The highest BCUT2D eigenvalue weighted by atomic mass is 16.3. The van der Waals surface area contributed by atoms with Gasteiger partial charge in [0.05, 0.1) is 11.2 Å². The molecule has 3 aromatic rings. The topological polar surface area (TPSA) is 25.2 Å². The van der Waals surface area contributed by atoms with E-state index in [1.807, 2.05) is 12.1 Å². The van der Waals surface area contributed by atoms with E-state index < -0.39 is 0 Å². The Labute approximate surface area is 122 Å². The van der Waals surface area contributed by atoms with Crippen LogP contribution in [0.3, 0.4) is 0 Å². The second-order valence-electron chi connectivity index (χ2n) is 6.13. The zero-order chi connectivity index (χ0) is 14.0. The fraction of sp³-hybridized carbons (Fsp3) is 0.158. The highest BCUT2D eigenvalue weighted by Crippen LogP contribution is 2.49. The molecule has 2 heteroatoms. The molecule has 0 spiro atoms. The SMILES string of the molecule is CC12C=CC=CC1c1ccc3c(oc4ccccc43)c1N2. The molecule has 2 aliphatic rings. The molecule has 5 rings (SSSR count). The van der Waals surface area contributed by atoms with Gasteiger partial charge in [-0.2, -0.15) is 0 Å². The van der Waals surface area contributed by atoms with E-state index in [4.69, 9.17) is 4.42 Å². The second-order valence-corrected chi connectivity index (χ2v) is 6.13. The van der Waals surface area contributed by atoms with Crippen LogP contribution in [0.25, 0.3) is 21.9 Å². The maximum Gasteiger partial charge on any atom is 0.158 e. The lowest BCUT2D eigenvalue weighted by molar-refractivity contribution is 0.595. The van der Waals surface area contributed by atoms with Crippen LogP contribution < -0.4 is 5.32 Å². The molecule has 2 atom stereocenters. The van der Waals surface area contributed by atoms with E-state index in [2.05, 4.69) is 60.8 Å². The maximum atomic E-state index is 6.14. The molecular formula is C19H15NO. The number of fused-ring (bicyclic) bond motifs is 7. The molecule has 0 saturated carbocycles. The van der Waals surface area contributed by atoms with Gasteiger partial charge in [0.2, 0.25) is 0 Å². The number of nitrogens with one attached hydrogen (secondary N) is 1. The Morgan fingerprint density at radius 3 is 2.90 bits per heavy atom. The van der Waals surface area contributed by atoms with Gasteiger partial charge in [-0.3, -0.25) is 0 Å². The summed E-state index contributed by atoms with van der Waals surface area (Å²) in [6.45, 7) is 2.24. The third kappa shape index (κ3) is 1.32. The Hall–Kier alpha value is -2.48. The van der Waals surface area contributed by atoms with Crippen molar-refractivity contribution in [1.82, 2.24) is 0 Å². The summed E-state index contributed by atoms with van der Waals surface area (Å²) < 4.78 is 6.14. The zero-order valence-electron chi connectivity index (χ0n) is 11.8. The van der Waals surface area contributed by atoms with Crippen LogP contribution in [0.5, 0.6) is 0 Å². The highest BCUT2D eigenvalue weighted by molar-refractivity contribution is 6.10. The molecule has 0 radical (unpaired) electrons. The van der Waals surface area contributed by atoms with Crippen molar-refractivity contribution in [3.63, 3.8) is 0 Å². The van der Waals surface area contributed by atoms with Crippen LogP contribution in [-0.2, 0) is 0 Å². The first kappa shape index (κ1) is 11.2. The van der Waals surface area contributed by atoms with Gasteiger partial charge in [-0.15, -0.1) is 0 Å². The molecule has 2 aromatic carbocycles. The monoisotopic (exact) mass is 273 g/mol. The van der Waals surface area contributed by atoms with Gasteiger partial charge >= 0.3 is 0 Å². The van der Waals surface area contributed by atoms with Crippen LogP contribution in [-0.4, -0.2) is 5.54 Å². The molecule has 0 saturated heterocycles. The highest BCUT2D eigenvalue weighted by Gasteiger charge is 2.41. The minimum Gasteiger partial charge on any atom is -0.454 e. The van der Waals surface area contributed by atoms with Crippen molar-refractivity contribution in [3.8, 4) is 0 Å². The van der Waals surface area contributed by atoms with Gasteiger partial charge in [0, 0.05) is 16.7 Å². The van der Waals surface area contributed by atoms with Gasteiger partial charge in [0.15, 0.2) is 5.58 Å². The fourth-order valence-electron chi connectivity index (χ4n) is 3.74. The molecule has 1 aromatic heterocycles. The van der Waals surface area contributed by atoms with E-state index in [1.54, 1.807) is 0 Å². The summed E-state index contributed by atoms with van der Waals surface area (Å²) in [5.41, 5.74) is 4.35. The largest absolute Gasteiger partial charge is 0.454 e. The molecule has 0 bridgehead atoms. The number of allylic oxidation sites excluding steroid dienone is 2. The first-order valence-electron chi connectivity index (χ1n) is 7.35. The summed E-state index contributed by atoms with van der Waals surface area (Å²) in [7, 11) is 0. The van der Waals surface area contributed by atoms with Gasteiger partial charge in [-0.05, 0) is 18.6 Å². The molecule has 0 amide bonds. The average Bonchev–Trinajstić information content (AvgIpc) is 3.01. The van der Waals surface area contributed by atoms with Crippen molar-refractivity contribution in [2.24, 2.45) is 0 Å². The Balaban J connectivity index is 1.87. The molecule has 1 aliphatic carbocycles. The fourth-order valence-corrected chi connectivity index (χ4v) is 3.74. The number of hydrogen-bond acceptors (Lipinski definition) is 2. The van der Waals surface area contributed by atoms with Crippen molar-refractivity contribution in [2.45, 2.75) is 18.4 Å². The predicted molar refractivity (Wildman–Crippen MR) is 86.8 cm³/mol. The van der Waals surface area contributed by atoms with E-state index >= 15 is 0 Å². The molecule has 102 valence electrons. The summed E-state index contributed by atoms with van der Waals surface area (Å²) in [5.74, 6) is 0.370. The predicted octanol–water partition coefficient (Wildman–Crippen LogP) is 4.98. The molecule has 2 nitrogen and oxygen atoms in total. The van der Waals surface area contributed by atoms with Gasteiger partial charge < -0.3 is 9.73 Å². The molecule has 0 fully saturated rings. The first-order valence-corrected chi connectivity index (χ1v) is 7.35. The standard InChI is InChI=1S/C19H15NO/c1-19-11-5-4-7-15(19)14-10-9-13-12-6-2-3-8-16(12)21-18(13)17(14)20-19/h2-11,15,20H,1H3. The lowest BCUT2D eigenvalue weighted by Crippen LogP contribution is -2.33. The lowest BCUT2D eigenvalue weighted by Gasteiger charge is -2.29. The minimum absolute atomic E-state index is 0.0512. The third-order valence-electron chi connectivity index (χ3n) is 4.81.